The summed E-state index contributed by atoms with van der Waals surface area (Å²) in [6, 6.07) is 23.4. The number of carbonyl (C=O) groups excluding carboxylic acids is 1. The van der Waals surface area contributed by atoms with Crippen LogP contribution < -0.4 is 5.32 Å². The molecule has 0 aliphatic carbocycles. The standard InChI is InChI=1S/C20H20N2OS.C15H11NO2S.C5H11N/c1-14-7-8-17-15(12-14)16(20(23)22-9-3-2-4-10-22)13-18(21-17)19-6-5-11-24-19;1-9-4-5-12-10(7-9)11(15(17)18)8-13(16-12)14-3-2-6-19-14;1-2-4-6-5-3-1/h5-8,11-13H,2-4,9-10H2,1H3;2-8H,1H3,(H,17,18);6H,1-5H2. The quantitative estimate of drug-likeness (QED) is 0.191. The molecule has 2 aliphatic rings. The van der Waals surface area contributed by atoms with Crippen molar-refractivity contribution in [2.75, 3.05) is 26.2 Å². The van der Waals surface area contributed by atoms with E-state index in [9.17, 15) is 14.7 Å². The molecular weight excluding hydrogens is 649 g/mol. The van der Waals surface area contributed by atoms with E-state index in [1.165, 1.54) is 38.8 Å². The van der Waals surface area contributed by atoms with Crippen molar-refractivity contribution in [2.24, 2.45) is 0 Å². The van der Waals surface area contributed by atoms with Crippen molar-refractivity contribution in [3.63, 3.8) is 0 Å². The summed E-state index contributed by atoms with van der Waals surface area (Å²) in [5.74, 6) is -0.777. The van der Waals surface area contributed by atoms with Crippen LogP contribution in [0.5, 0.6) is 0 Å². The van der Waals surface area contributed by atoms with Gasteiger partial charge in [-0.05, 0) is 118 Å². The zero-order valence-electron chi connectivity index (χ0n) is 28.1. The van der Waals surface area contributed by atoms with E-state index >= 15 is 0 Å². The average molecular weight is 691 g/mol. The van der Waals surface area contributed by atoms with Gasteiger partial charge >= 0.3 is 5.97 Å². The molecule has 8 rings (SSSR count). The summed E-state index contributed by atoms with van der Waals surface area (Å²) in [4.78, 5) is 38.0. The fourth-order valence-electron chi connectivity index (χ4n) is 6.20. The molecule has 0 unspecified atom stereocenters. The van der Waals surface area contributed by atoms with Crippen LogP contribution in [0.15, 0.2) is 83.6 Å². The summed E-state index contributed by atoms with van der Waals surface area (Å²) < 4.78 is 0. The highest BCUT2D eigenvalue weighted by molar-refractivity contribution is 7.13. The van der Waals surface area contributed by atoms with Crippen LogP contribution >= 0.6 is 22.7 Å². The van der Waals surface area contributed by atoms with Crippen molar-refractivity contribution in [3.8, 4) is 21.1 Å². The third kappa shape index (κ3) is 8.60. The minimum absolute atomic E-state index is 0.144. The number of rotatable bonds is 4. The summed E-state index contributed by atoms with van der Waals surface area (Å²) in [6.45, 7) is 8.23. The molecule has 252 valence electrons. The molecule has 6 aromatic rings. The number of thiophene rings is 2. The molecule has 6 heterocycles. The Hall–Kier alpha value is -4.44. The number of amides is 1. The van der Waals surface area contributed by atoms with Gasteiger partial charge in [-0.3, -0.25) is 4.79 Å². The molecule has 2 aromatic carbocycles. The molecule has 2 fully saturated rings. The number of nitrogens with one attached hydrogen (secondary N) is 1. The molecular formula is C40H42N4O3S2. The minimum Gasteiger partial charge on any atom is -0.478 e. The lowest BCUT2D eigenvalue weighted by atomic mass is 10.0. The zero-order chi connectivity index (χ0) is 34.2. The van der Waals surface area contributed by atoms with Gasteiger partial charge in [-0.15, -0.1) is 22.7 Å². The van der Waals surface area contributed by atoms with Crippen molar-refractivity contribution >= 4 is 56.4 Å². The predicted octanol–water partition coefficient (Wildman–Crippen LogP) is 9.63. The molecule has 0 atom stereocenters. The lowest BCUT2D eigenvalue weighted by Crippen LogP contribution is -2.35. The maximum atomic E-state index is 13.1. The number of aromatic carboxylic acids is 1. The number of aromatic nitrogens is 2. The Morgan fingerprint density at radius 3 is 1.63 bits per heavy atom. The Bertz CT molecular complexity index is 2020. The second kappa shape index (κ2) is 16.3. The molecule has 49 heavy (non-hydrogen) atoms. The van der Waals surface area contributed by atoms with Crippen LogP contribution in [0.25, 0.3) is 42.9 Å². The number of hydrogen-bond acceptors (Lipinski definition) is 7. The second-order valence-corrected chi connectivity index (χ2v) is 14.5. The van der Waals surface area contributed by atoms with Crippen LogP contribution in [0, 0.1) is 13.8 Å². The van der Waals surface area contributed by atoms with Crippen molar-refractivity contribution in [1.82, 2.24) is 20.2 Å². The summed E-state index contributed by atoms with van der Waals surface area (Å²) in [6.07, 6.45) is 7.64. The minimum atomic E-state index is -0.921. The summed E-state index contributed by atoms with van der Waals surface area (Å²) >= 11 is 3.21. The Balaban J connectivity index is 0.000000148. The van der Waals surface area contributed by atoms with E-state index in [0.29, 0.717) is 22.2 Å². The molecule has 2 aliphatic heterocycles. The number of nitrogens with zero attached hydrogens (tertiary/aromatic N) is 3. The molecule has 0 radical (unpaired) electrons. The molecule has 0 bridgehead atoms. The van der Waals surface area contributed by atoms with E-state index in [-0.39, 0.29) is 5.91 Å². The molecule has 1 amide bonds. The first-order valence-corrected chi connectivity index (χ1v) is 18.8. The van der Waals surface area contributed by atoms with Gasteiger partial charge < -0.3 is 15.3 Å². The molecule has 2 saturated heterocycles. The molecule has 9 heteroatoms. The van der Waals surface area contributed by atoms with Crippen LogP contribution in [-0.2, 0) is 0 Å². The number of hydrogen-bond donors (Lipinski definition) is 2. The number of fused-ring (bicyclic) bond motifs is 2. The Morgan fingerprint density at radius 1 is 0.673 bits per heavy atom. The van der Waals surface area contributed by atoms with Gasteiger partial charge in [-0.25, -0.2) is 14.8 Å². The van der Waals surface area contributed by atoms with Gasteiger partial charge in [0.05, 0.1) is 43.3 Å². The van der Waals surface area contributed by atoms with E-state index in [1.807, 2.05) is 71.1 Å². The first-order valence-electron chi connectivity index (χ1n) is 17.0. The maximum Gasteiger partial charge on any atom is 0.336 e. The number of pyridine rings is 2. The van der Waals surface area contributed by atoms with Crippen LogP contribution in [-0.4, -0.2) is 58.0 Å². The molecule has 4 aromatic heterocycles. The van der Waals surface area contributed by atoms with Gasteiger partial charge in [-0.2, -0.15) is 0 Å². The van der Waals surface area contributed by atoms with Crippen molar-refractivity contribution in [2.45, 2.75) is 52.4 Å². The van der Waals surface area contributed by atoms with Crippen LogP contribution in [0.2, 0.25) is 0 Å². The fraction of sp³-hybridized carbons (Fsp3) is 0.300. The van der Waals surface area contributed by atoms with Crippen LogP contribution in [0.4, 0.5) is 0 Å². The zero-order valence-corrected chi connectivity index (χ0v) is 29.7. The molecule has 2 N–H and O–H groups in total. The number of carboxylic acids is 1. The Kier molecular flexibility index (Phi) is 11.5. The van der Waals surface area contributed by atoms with Gasteiger partial charge in [-0.1, -0.05) is 41.8 Å². The predicted molar refractivity (Wildman–Crippen MR) is 203 cm³/mol. The third-order valence-corrected chi connectivity index (χ3v) is 10.6. The van der Waals surface area contributed by atoms with E-state index in [2.05, 4.69) is 35.4 Å². The van der Waals surface area contributed by atoms with Gasteiger partial charge in [0, 0.05) is 23.9 Å². The van der Waals surface area contributed by atoms with E-state index in [1.54, 1.807) is 28.7 Å². The van der Waals surface area contributed by atoms with E-state index < -0.39 is 5.97 Å². The monoisotopic (exact) mass is 690 g/mol. The van der Waals surface area contributed by atoms with Crippen LogP contribution in [0.3, 0.4) is 0 Å². The second-order valence-electron chi connectivity index (χ2n) is 12.6. The maximum absolute atomic E-state index is 13.1. The third-order valence-electron chi connectivity index (χ3n) is 8.79. The first-order chi connectivity index (χ1) is 23.9. The number of piperidine rings is 2. The molecule has 0 saturated carbocycles. The highest BCUT2D eigenvalue weighted by Gasteiger charge is 2.22. The van der Waals surface area contributed by atoms with Crippen molar-refractivity contribution in [3.05, 3.63) is 106 Å². The fourth-order valence-corrected chi connectivity index (χ4v) is 7.58. The van der Waals surface area contributed by atoms with E-state index in [4.69, 9.17) is 4.98 Å². The summed E-state index contributed by atoms with van der Waals surface area (Å²) in [5.41, 5.74) is 6.49. The Morgan fingerprint density at radius 2 is 1.18 bits per heavy atom. The summed E-state index contributed by atoms with van der Waals surface area (Å²) in [7, 11) is 0. The highest BCUT2D eigenvalue weighted by Crippen LogP contribution is 2.30. The number of aryl methyl sites for hydroxylation is 2. The highest BCUT2D eigenvalue weighted by atomic mass is 32.1. The smallest absolute Gasteiger partial charge is 0.336 e. The van der Waals surface area contributed by atoms with Crippen molar-refractivity contribution < 1.29 is 14.7 Å². The largest absolute Gasteiger partial charge is 0.478 e. The van der Waals surface area contributed by atoms with Gasteiger partial charge in [0.1, 0.15) is 0 Å². The number of carboxylic acid groups (broad SMARTS) is 1. The average Bonchev–Trinajstić information content (AvgIpc) is 3.88. The van der Waals surface area contributed by atoms with E-state index in [0.717, 1.165) is 69.0 Å². The Labute approximate surface area is 295 Å². The molecule has 0 spiro atoms. The topological polar surface area (TPSA) is 95.4 Å². The van der Waals surface area contributed by atoms with Crippen LogP contribution in [0.1, 0.15) is 70.4 Å². The van der Waals surface area contributed by atoms with Gasteiger partial charge in [0.15, 0.2) is 0 Å². The van der Waals surface area contributed by atoms with Crippen molar-refractivity contribution in [1.29, 1.82) is 0 Å². The first kappa shape index (κ1) is 34.4. The molecule has 7 nitrogen and oxygen atoms in total. The number of likely N-dealkylation sites (tertiary alicyclic amines) is 1. The normalized spacial score (nSPS) is 14.4. The summed E-state index contributed by atoms with van der Waals surface area (Å²) in [5, 5.41) is 18.3. The lowest BCUT2D eigenvalue weighted by molar-refractivity contribution is 0.0696. The van der Waals surface area contributed by atoms with Gasteiger partial charge in [0.2, 0.25) is 0 Å². The SMILES string of the molecule is C1CCNCC1.Cc1ccc2nc(-c3cccs3)cc(C(=O)N3CCCCC3)c2c1.Cc1ccc2nc(-c3cccs3)cc(C(=O)O)c2c1. The number of benzene rings is 2. The lowest BCUT2D eigenvalue weighted by Gasteiger charge is -2.27. The number of carbonyl (C=O) groups is 2. The van der Waals surface area contributed by atoms with Gasteiger partial charge in [0.25, 0.3) is 5.91 Å².